The largest absolute Gasteiger partial charge is 0.327 e. The summed E-state index contributed by atoms with van der Waals surface area (Å²) in [6.45, 7) is 2.08. The van der Waals surface area contributed by atoms with E-state index in [1.54, 1.807) is 6.07 Å². The molecule has 0 saturated carbocycles. The minimum atomic E-state index is -0.204. The third-order valence-electron chi connectivity index (χ3n) is 3.44. The summed E-state index contributed by atoms with van der Waals surface area (Å²) in [5.74, 6) is -0.00525. The van der Waals surface area contributed by atoms with E-state index in [1.807, 2.05) is 24.3 Å². The Hall–Kier alpha value is -1.19. The van der Waals surface area contributed by atoms with Gasteiger partial charge in [-0.25, -0.2) is 4.39 Å². The highest BCUT2D eigenvalue weighted by Gasteiger charge is 2.16. The number of halogens is 2. The highest BCUT2D eigenvalue weighted by atomic mass is 79.9. The number of benzene rings is 2. The molecule has 0 radical (unpaired) electrons. The zero-order chi connectivity index (χ0) is 13.8. The topological polar surface area (TPSA) is 26.0 Å². The molecule has 2 rings (SSSR count). The van der Waals surface area contributed by atoms with Crippen molar-refractivity contribution in [1.82, 2.24) is 0 Å². The fourth-order valence-corrected chi connectivity index (χ4v) is 2.45. The molecule has 2 aromatic carbocycles. The Morgan fingerprint density at radius 2 is 1.84 bits per heavy atom. The van der Waals surface area contributed by atoms with Gasteiger partial charge >= 0.3 is 0 Å². The van der Waals surface area contributed by atoms with Crippen molar-refractivity contribution in [3.05, 3.63) is 69.9 Å². The van der Waals surface area contributed by atoms with Gasteiger partial charge in [0.2, 0.25) is 0 Å². The number of hydrogen-bond donors (Lipinski definition) is 1. The number of nitrogens with two attached hydrogens (primary N) is 1. The highest BCUT2D eigenvalue weighted by Crippen LogP contribution is 2.22. The molecule has 0 spiro atoms. The molecular weight excluding hydrogens is 305 g/mol. The van der Waals surface area contributed by atoms with E-state index in [1.165, 1.54) is 11.6 Å². The summed E-state index contributed by atoms with van der Waals surface area (Å²) < 4.78 is 14.5. The van der Waals surface area contributed by atoms with E-state index in [9.17, 15) is 4.39 Å². The highest BCUT2D eigenvalue weighted by molar-refractivity contribution is 9.10. The summed E-state index contributed by atoms with van der Waals surface area (Å²) in [6, 6.07) is 15.1. The molecule has 3 heteroatoms. The van der Waals surface area contributed by atoms with Crippen molar-refractivity contribution in [2.24, 2.45) is 5.73 Å². The van der Waals surface area contributed by atoms with Gasteiger partial charge in [-0.15, -0.1) is 0 Å². The average molecular weight is 322 g/mol. The van der Waals surface area contributed by atoms with Crippen LogP contribution in [-0.4, -0.2) is 6.04 Å². The van der Waals surface area contributed by atoms with Gasteiger partial charge in [0.05, 0.1) is 0 Å². The lowest BCUT2D eigenvalue weighted by Crippen LogP contribution is -2.29. The van der Waals surface area contributed by atoms with E-state index in [2.05, 4.69) is 35.0 Å². The van der Waals surface area contributed by atoms with E-state index in [4.69, 9.17) is 5.73 Å². The van der Waals surface area contributed by atoms with Crippen LogP contribution < -0.4 is 5.73 Å². The average Bonchev–Trinajstić information content (AvgIpc) is 2.42. The van der Waals surface area contributed by atoms with Crippen LogP contribution in [-0.2, 0) is 6.42 Å². The maximum Gasteiger partial charge on any atom is 0.127 e. The summed E-state index contributed by atoms with van der Waals surface area (Å²) in [5, 5.41) is 0. The lowest BCUT2D eigenvalue weighted by atomic mass is 9.90. The second kappa shape index (κ2) is 6.31. The summed E-state index contributed by atoms with van der Waals surface area (Å²) in [4.78, 5) is 0. The molecule has 0 saturated heterocycles. The third-order valence-corrected chi connectivity index (χ3v) is 3.93. The third kappa shape index (κ3) is 3.64. The molecule has 2 N–H and O–H groups in total. The molecule has 0 aliphatic rings. The Labute approximate surface area is 121 Å². The van der Waals surface area contributed by atoms with Crippen molar-refractivity contribution in [3.8, 4) is 0 Å². The molecule has 0 heterocycles. The van der Waals surface area contributed by atoms with Crippen LogP contribution in [0.5, 0.6) is 0 Å². The van der Waals surface area contributed by atoms with Gasteiger partial charge in [-0.3, -0.25) is 0 Å². The first-order valence-corrected chi connectivity index (χ1v) is 7.11. The van der Waals surface area contributed by atoms with E-state index in [0.29, 0.717) is 12.0 Å². The zero-order valence-corrected chi connectivity index (χ0v) is 12.4. The predicted molar refractivity (Wildman–Crippen MR) is 80.6 cm³/mol. The Kier molecular flexibility index (Phi) is 4.72. The zero-order valence-electron chi connectivity index (χ0n) is 10.8. The first-order chi connectivity index (χ1) is 9.08. The van der Waals surface area contributed by atoms with Crippen molar-refractivity contribution in [2.45, 2.75) is 25.3 Å². The Morgan fingerprint density at radius 1 is 1.16 bits per heavy atom. The van der Waals surface area contributed by atoms with Gasteiger partial charge in [-0.1, -0.05) is 59.3 Å². The minimum Gasteiger partial charge on any atom is -0.327 e. The molecule has 100 valence electrons. The first-order valence-electron chi connectivity index (χ1n) is 6.32. The van der Waals surface area contributed by atoms with Crippen LogP contribution >= 0.6 is 15.9 Å². The normalized spacial score (nSPS) is 14.1. The van der Waals surface area contributed by atoms with Crippen LogP contribution in [0.2, 0.25) is 0 Å². The van der Waals surface area contributed by atoms with Crippen molar-refractivity contribution in [3.63, 3.8) is 0 Å². The molecule has 0 amide bonds. The lowest BCUT2D eigenvalue weighted by molar-refractivity contribution is 0.538. The summed E-state index contributed by atoms with van der Waals surface area (Å²) in [5.41, 5.74) is 8.06. The summed E-state index contributed by atoms with van der Waals surface area (Å²) in [6.07, 6.45) is 0.537. The van der Waals surface area contributed by atoms with Crippen molar-refractivity contribution >= 4 is 15.9 Å². The Morgan fingerprint density at radius 3 is 2.47 bits per heavy atom. The van der Waals surface area contributed by atoms with Crippen LogP contribution in [0.15, 0.2) is 53.0 Å². The fraction of sp³-hybridized carbons (Fsp3) is 0.250. The first kappa shape index (κ1) is 14.2. The maximum atomic E-state index is 13.8. The fourth-order valence-electron chi connectivity index (χ4n) is 2.12. The van der Waals surface area contributed by atoms with Crippen LogP contribution in [0.3, 0.4) is 0 Å². The van der Waals surface area contributed by atoms with Crippen LogP contribution in [0.25, 0.3) is 0 Å². The number of rotatable bonds is 4. The van der Waals surface area contributed by atoms with Gasteiger partial charge in [-0.05, 0) is 35.6 Å². The van der Waals surface area contributed by atoms with Gasteiger partial charge in [0, 0.05) is 10.5 Å². The quantitative estimate of drug-likeness (QED) is 0.894. The molecule has 2 aromatic rings. The Bertz CT molecular complexity index is 542. The van der Waals surface area contributed by atoms with Crippen molar-refractivity contribution in [1.29, 1.82) is 0 Å². The second-order valence-electron chi connectivity index (χ2n) is 4.80. The van der Waals surface area contributed by atoms with E-state index in [0.717, 1.165) is 4.47 Å². The van der Waals surface area contributed by atoms with Gasteiger partial charge in [0.1, 0.15) is 5.82 Å². The molecule has 0 bridgehead atoms. The molecule has 19 heavy (non-hydrogen) atoms. The molecule has 1 nitrogen and oxygen atoms in total. The Balaban J connectivity index is 2.10. The monoisotopic (exact) mass is 321 g/mol. The van der Waals surface area contributed by atoms with E-state index in [-0.39, 0.29) is 17.8 Å². The standard InChI is InChI=1S/C16H17BrFN/c1-11(12-5-3-2-4-6-12)16(19)9-13-7-8-14(17)10-15(13)18/h2-8,10-11,16H,9,19H2,1H3. The number of hydrogen-bond acceptors (Lipinski definition) is 1. The second-order valence-corrected chi connectivity index (χ2v) is 5.72. The summed E-state index contributed by atoms with van der Waals surface area (Å²) in [7, 11) is 0. The van der Waals surface area contributed by atoms with Crippen LogP contribution in [0, 0.1) is 5.82 Å². The van der Waals surface area contributed by atoms with Gasteiger partial charge in [0.15, 0.2) is 0 Å². The molecular formula is C16H17BrFN. The molecule has 2 unspecified atom stereocenters. The van der Waals surface area contributed by atoms with Gasteiger partial charge < -0.3 is 5.73 Å². The minimum absolute atomic E-state index is 0.0990. The SMILES string of the molecule is CC(c1ccccc1)C(N)Cc1ccc(Br)cc1F. The van der Waals surface area contributed by atoms with Crippen LogP contribution in [0.1, 0.15) is 24.0 Å². The maximum absolute atomic E-state index is 13.8. The molecule has 0 aromatic heterocycles. The lowest BCUT2D eigenvalue weighted by Gasteiger charge is -2.20. The van der Waals surface area contributed by atoms with Crippen molar-refractivity contribution in [2.75, 3.05) is 0 Å². The summed E-state index contributed by atoms with van der Waals surface area (Å²) >= 11 is 3.26. The molecule has 2 atom stereocenters. The van der Waals surface area contributed by atoms with Crippen LogP contribution in [0.4, 0.5) is 4.39 Å². The van der Waals surface area contributed by atoms with E-state index < -0.39 is 0 Å². The predicted octanol–water partition coefficient (Wildman–Crippen LogP) is 4.26. The molecule has 0 fully saturated rings. The van der Waals surface area contributed by atoms with Gasteiger partial charge in [0.25, 0.3) is 0 Å². The van der Waals surface area contributed by atoms with Gasteiger partial charge in [-0.2, -0.15) is 0 Å². The molecule has 0 aliphatic carbocycles. The van der Waals surface area contributed by atoms with Crippen molar-refractivity contribution < 1.29 is 4.39 Å². The smallest absolute Gasteiger partial charge is 0.127 e. The van der Waals surface area contributed by atoms with E-state index >= 15 is 0 Å². The molecule has 0 aliphatic heterocycles.